The standard InChI is InChI=1S/C28H56O/c1-5-7-8-9-10-11-12-13-14-15-16-17-18-19-20-21-25-29-26-28(4)24-22-23-27(3)6-2/h13-14,27-28H,5-12,15-26H2,1-4H3/b14-13+. The smallest absolute Gasteiger partial charge is 0.0491 e. The summed E-state index contributed by atoms with van der Waals surface area (Å²) in [7, 11) is 0. The average molecular weight is 409 g/mol. The molecule has 0 aromatic rings. The zero-order chi connectivity index (χ0) is 21.4. The van der Waals surface area contributed by atoms with Gasteiger partial charge < -0.3 is 4.74 Å². The van der Waals surface area contributed by atoms with Crippen LogP contribution in [0.5, 0.6) is 0 Å². The van der Waals surface area contributed by atoms with Crippen LogP contribution in [0.2, 0.25) is 0 Å². The van der Waals surface area contributed by atoms with Crippen molar-refractivity contribution in [3.05, 3.63) is 12.2 Å². The molecular weight excluding hydrogens is 352 g/mol. The van der Waals surface area contributed by atoms with E-state index < -0.39 is 0 Å². The summed E-state index contributed by atoms with van der Waals surface area (Å²) in [5.74, 6) is 1.62. The number of allylic oxidation sites excluding steroid dienone is 2. The quantitative estimate of drug-likeness (QED) is 0.121. The van der Waals surface area contributed by atoms with E-state index in [0.717, 1.165) is 25.0 Å². The molecule has 1 nitrogen and oxygen atoms in total. The van der Waals surface area contributed by atoms with E-state index >= 15 is 0 Å². The fourth-order valence-electron chi connectivity index (χ4n) is 3.84. The van der Waals surface area contributed by atoms with Gasteiger partial charge in [0.05, 0.1) is 0 Å². The average Bonchev–Trinajstić information content (AvgIpc) is 2.72. The third kappa shape index (κ3) is 23.8. The Bertz CT molecular complexity index is 322. The topological polar surface area (TPSA) is 9.23 Å². The first-order chi connectivity index (χ1) is 14.2. The highest BCUT2D eigenvalue weighted by Gasteiger charge is 2.04. The molecule has 0 aromatic heterocycles. The van der Waals surface area contributed by atoms with Crippen molar-refractivity contribution in [1.29, 1.82) is 0 Å². The number of rotatable bonds is 23. The lowest BCUT2D eigenvalue weighted by molar-refractivity contribution is 0.0972. The third-order valence-electron chi connectivity index (χ3n) is 6.29. The first-order valence-corrected chi connectivity index (χ1v) is 13.4. The molecule has 0 aromatic carbocycles. The van der Waals surface area contributed by atoms with E-state index in [0.29, 0.717) is 0 Å². The molecule has 0 aliphatic heterocycles. The van der Waals surface area contributed by atoms with Crippen LogP contribution in [0, 0.1) is 11.8 Å². The Kier molecular flexibility index (Phi) is 23.7. The van der Waals surface area contributed by atoms with Gasteiger partial charge in [0, 0.05) is 13.2 Å². The predicted octanol–water partition coefficient (Wildman–Crippen LogP) is 9.89. The summed E-state index contributed by atoms with van der Waals surface area (Å²) in [4.78, 5) is 0. The van der Waals surface area contributed by atoms with Crippen molar-refractivity contribution < 1.29 is 4.74 Å². The summed E-state index contributed by atoms with van der Waals surface area (Å²) >= 11 is 0. The van der Waals surface area contributed by atoms with Crippen LogP contribution in [0.4, 0.5) is 0 Å². The summed E-state index contributed by atoms with van der Waals surface area (Å²) in [6.45, 7) is 11.2. The second-order valence-corrected chi connectivity index (χ2v) is 9.56. The molecule has 0 heterocycles. The van der Waals surface area contributed by atoms with Gasteiger partial charge in [0.15, 0.2) is 0 Å². The molecular formula is C28H56O. The molecule has 0 spiro atoms. The van der Waals surface area contributed by atoms with Crippen LogP contribution in [0.15, 0.2) is 12.2 Å². The minimum atomic E-state index is 0.730. The lowest BCUT2D eigenvalue weighted by Crippen LogP contribution is -2.07. The summed E-state index contributed by atoms with van der Waals surface area (Å²) in [5, 5.41) is 0. The van der Waals surface area contributed by atoms with Gasteiger partial charge in [-0.2, -0.15) is 0 Å². The molecule has 0 amide bonds. The zero-order valence-corrected chi connectivity index (χ0v) is 20.9. The van der Waals surface area contributed by atoms with Crippen LogP contribution in [0.1, 0.15) is 143 Å². The van der Waals surface area contributed by atoms with Crippen LogP contribution in [-0.4, -0.2) is 13.2 Å². The first kappa shape index (κ1) is 28.7. The van der Waals surface area contributed by atoms with Gasteiger partial charge in [-0.1, -0.05) is 117 Å². The molecule has 0 fully saturated rings. The monoisotopic (exact) mass is 408 g/mol. The normalized spacial score (nSPS) is 13.9. The number of hydrogen-bond donors (Lipinski definition) is 0. The maximum absolute atomic E-state index is 5.89. The molecule has 0 aliphatic carbocycles. The Hall–Kier alpha value is -0.300. The van der Waals surface area contributed by atoms with Crippen LogP contribution in [-0.2, 0) is 4.74 Å². The van der Waals surface area contributed by atoms with Crippen LogP contribution >= 0.6 is 0 Å². The molecule has 0 saturated carbocycles. The molecule has 0 rings (SSSR count). The highest BCUT2D eigenvalue weighted by molar-refractivity contribution is 4.81. The highest BCUT2D eigenvalue weighted by atomic mass is 16.5. The van der Waals surface area contributed by atoms with E-state index in [1.54, 1.807) is 0 Å². The Balaban J connectivity index is 3.19. The SMILES string of the molecule is CCCCCCCC/C=C/CCCCCCCCOCC(C)CCCC(C)CC. The maximum Gasteiger partial charge on any atom is 0.0491 e. The largest absolute Gasteiger partial charge is 0.381 e. The number of ether oxygens (including phenoxy) is 1. The minimum absolute atomic E-state index is 0.730. The van der Waals surface area contributed by atoms with Crippen molar-refractivity contribution in [1.82, 2.24) is 0 Å². The molecule has 0 radical (unpaired) electrons. The van der Waals surface area contributed by atoms with Gasteiger partial charge in [0.1, 0.15) is 0 Å². The van der Waals surface area contributed by atoms with E-state index in [2.05, 4.69) is 39.8 Å². The van der Waals surface area contributed by atoms with E-state index in [4.69, 9.17) is 4.74 Å². The van der Waals surface area contributed by atoms with Gasteiger partial charge in [-0.15, -0.1) is 0 Å². The Labute approximate surface area is 185 Å². The van der Waals surface area contributed by atoms with Crippen molar-refractivity contribution in [2.24, 2.45) is 11.8 Å². The molecule has 2 atom stereocenters. The Morgan fingerprint density at radius 3 is 1.69 bits per heavy atom. The van der Waals surface area contributed by atoms with Crippen molar-refractivity contribution >= 4 is 0 Å². The molecule has 0 N–H and O–H groups in total. The van der Waals surface area contributed by atoms with E-state index in [1.807, 2.05) is 0 Å². The molecule has 29 heavy (non-hydrogen) atoms. The molecule has 2 unspecified atom stereocenters. The third-order valence-corrected chi connectivity index (χ3v) is 6.29. The highest BCUT2D eigenvalue weighted by Crippen LogP contribution is 2.15. The van der Waals surface area contributed by atoms with Crippen LogP contribution < -0.4 is 0 Å². The Morgan fingerprint density at radius 2 is 1.10 bits per heavy atom. The van der Waals surface area contributed by atoms with Crippen molar-refractivity contribution in [3.8, 4) is 0 Å². The lowest BCUT2D eigenvalue weighted by Gasteiger charge is -2.13. The van der Waals surface area contributed by atoms with E-state index in [1.165, 1.54) is 116 Å². The summed E-state index contributed by atoms with van der Waals surface area (Å²) in [6.07, 6.45) is 29.4. The molecule has 1 heteroatoms. The van der Waals surface area contributed by atoms with E-state index in [9.17, 15) is 0 Å². The van der Waals surface area contributed by atoms with Crippen molar-refractivity contribution in [3.63, 3.8) is 0 Å². The van der Waals surface area contributed by atoms with Crippen molar-refractivity contribution in [2.45, 2.75) is 143 Å². The van der Waals surface area contributed by atoms with Gasteiger partial charge in [0.25, 0.3) is 0 Å². The van der Waals surface area contributed by atoms with Gasteiger partial charge in [0.2, 0.25) is 0 Å². The van der Waals surface area contributed by atoms with Crippen LogP contribution in [0.3, 0.4) is 0 Å². The second-order valence-electron chi connectivity index (χ2n) is 9.56. The number of unbranched alkanes of at least 4 members (excludes halogenated alkanes) is 12. The van der Waals surface area contributed by atoms with Gasteiger partial charge in [-0.3, -0.25) is 0 Å². The predicted molar refractivity (Wildman–Crippen MR) is 133 cm³/mol. The Morgan fingerprint density at radius 1 is 0.586 bits per heavy atom. The van der Waals surface area contributed by atoms with Gasteiger partial charge in [-0.25, -0.2) is 0 Å². The summed E-state index contributed by atoms with van der Waals surface area (Å²) in [6, 6.07) is 0. The fraction of sp³-hybridized carbons (Fsp3) is 0.929. The molecule has 0 bridgehead atoms. The van der Waals surface area contributed by atoms with Gasteiger partial charge in [-0.05, 0) is 50.4 Å². The van der Waals surface area contributed by atoms with Crippen molar-refractivity contribution in [2.75, 3.05) is 13.2 Å². The summed E-state index contributed by atoms with van der Waals surface area (Å²) < 4.78 is 5.89. The molecule has 174 valence electrons. The molecule has 0 saturated heterocycles. The zero-order valence-electron chi connectivity index (χ0n) is 20.9. The first-order valence-electron chi connectivity index (χ1n) is 13.4. The van der Waals surface area contributed by atoms with Gasteiger partial charge >= 0.3 is 0 Å². The minimum Gasteiger partial charge on any atom is -0.381 e. The fourth-order valence-corrected chi connectivity index (χ4v) is 3.84. The molecule has 0 aliphatic rings. The van der Waals surface area contributed by atoms with E-state index in [-0.39, 0.29) is 0 Å². The van der Waals surface area contributed by atoms with Crippen LogP contribution in [0.25, 0.3) is 0 Å². The lowest BCUT2D eigenvalue weighted by atomic mass is 9.97. The maximum atomic E-state index is 5.89. The second kappa shape index (κ2) is 24.0. The number of hydrogen-bond acceptors (Lipinski definition) is 1. The summed E-state index contributed by atoms with van der Waals surface area (Å²) in [5.41, 5.74) is 0.